The molecule has 0 heterocycles. The van der Waals surface area contributed by atoms with Gasteiger partial charge in [-0.05, 0) is 36.5 Å². The molecule has 17 heavy (non-hydrogen) atoms. The van der Waals surface area contributed by atoms with Crippen molar-refractivity contribution in [1.29, 1.82) is 0 Å². The summed E-state index contributed by atoms with van der Waals surface area (Å²) in [6, 6.07) is 1.96. The summed E-state index contributed by atoms with van der Waals surface area (Å²) in [5.41, 5.74) is 3.40. The Balaban J connectivity index is 2.67. The highest BCUT2D eigenvalue weighted by Crippen LogP contribution is 2.39. The molecule has 1 aromatic carbocycles. The first-order valence-corrected chi connectivity index (χ1v) is 5.97. The molecular weight excluding hydrogens is 214 g/mol. The summed E-state index contributed by atoms with van der Waals surface area (Å²) in [6.45, 7) is 4.09. The van der Waals surface area contributed by atoms with Crippen molar-refractivity contribution >= 4 is 11.5 Å². The Bertz CT molecular complexity index is 478. The summed E-state index contributed by atoms with van der Waals surface area (Å²) >= 11 is 0. The monoisotopic (exact) mass is 233 g/mol. The SMILES string of the molecule is Cc1cc(N(C)C)c(O)c2c1C[C@@H](C)CC2=O. The van der Waals surface area contributed by atoms with Crippen LogP contribution in [0.25, 0.3) is 0 Å². The van der Waals surface area contributed by atoms with Crippen LogP contribution in [0.2, 0.25) is 0 Å². The molecule has 0 aliphatic heterocycles. The van der Waals surface area contributed by atoms with Crippen LogP contribution < -0.4 is 4.90 Å². The van der Waals surface area contributed by atoms with Crippen LogP contribution in [0.3, 0.4) is 0 Å². The van der Waals surface area contributed by atoms with Crippen molar-refractivity contribution in [1.82, 2.24) is 0 Å². The number of ketones is 1. The Morgan fingerprint density at radius 2 is 2.00 bits per heavy atom. The van der Waals surface area contributed by atoms with Crippen molar-refractivity contribution in [3.8, 4) is 5.75 Å². The zero-order valence-corrected chi connectivity index (χ0v) is 10.9. The number of aromatic hydroxyl groups is 1. The minimum atomic E-state index is 0.0723. The third-order valence-corrected chi connectivity index (χ3v) is 3.46. The van der Waals surface area contributed by atoms with E-state index in [1.54, 1.807) is 0 Å². The van der Waals surface area contributed by atoms with Gasteiger partial charge in [0.2, 0.25) is 0 Å². The van der Waals surface area contributed by atoms with Crippen molar-refractivity contribution in [2.45, 2.75) is 26.7 Å². The van der Waals surface area contributed by atoms with Crippen molar-refractivity contribution in [3.05, 3.63) is 22.8 Å². The fourth-order valence-electron chi connectivity index (χ4n) is 2.57. The predicted octanol–water partition coefficient (Wildman–Crippen LogP) is 2.53. The second-order valence-corrected chi connectivity index (χ2v) is 5.25. The lowest BCUT2D eigenvalue weighted by atomic mass is 9.81. The quantitative estimate of drug-likeness (QED) is 0.810. The Hall–Kier alpha value is -1.51. The highest BCUT2D eigenvalue weighted by atomic mass is 16.3. The summed E-state index contributed by atoms with van der Waals surface area (Å²) in [7, 11) is 3.74. The molecule has 1 atom stereocenters. The molecule has 0 unspecified atom stereocenters. The normalized spacial score (nSPS) is 19.1. The number of hydrogen-bond acceptors (Lipinski definition) is 3. The van der Waals surface area contributed by atoms with Gasteiger partial charge in [-0.15, -0.1) is 0 Å². The van der Waals surface area contributed by atoms with Gasteiger partial charge in [-0.3, -0.25) is 4.79 Å². The molecule has 0 bridgehead atoms. The number of phenolic OH excluding ortho intramolecular Hbond substituents is 1. The molecule has 2 rings (SSSR count). The van der Waals surface area contributed by atoms with E-state index in [0.717, 1.165) is 23.2 Å². The van der Waals surface area contributed by atoms with E-state index in [1.165, 1.54) is 0 Å². The number of nitrogens with zero attached hydrogens (tertiary/aromatic N) is 1. The Kier molecular flexibility index (Phi) is 2.86. The van der Waals surface area contributed by atoms with Gasteiger partial charge >= 0.3 is 0 Å². The average Bonchev–Trinajstić information content (AvgIpc) is 2.21. The van der Waals surface area contributed by atoms with E-state index in [4.69, 9.17) is 0 Å². The molecule has 0 amide bonds. The predicted molar refractivity (Wildman–Crippen MR) is 69.0 cm³/mol. The fraction of sp³-hybridized carbons (Fsp3) is 0.500. The molecule has 0 fully saturated rings. The maximum atomic E-state index is 12.1. The maximum Gasteiger partial charge on any atom is 0.167 e. The number of aryl methyl sites for hydroxylation is 1. The van der Waals surface area contributed by atoms with Gasteiger partial charge in [-0.2, -0.15) is 0 Å². The number of anilines is 1. The van der Waals surface area contributed by atoms with Crippen LogP contribution in [0.4, 0.5) is 5.69 Å². The summed E-state index contributed by atoms with van der Waals surface area (Å²) in [4.78, 5) is 13.9. The number of carbonyl (C=O) groups is 1. The molecular formula is C14H19NO2. The van der Waals surface area contributed by atoms with Crippen LogP contribution in [0.5, 0.6) is 5.75 Å². The first-order valence-electron chi connectivity index (χ1n) is 5.97. The number of hydrogen-bond donors (Lipinski definition) is 1. The number of fused-ring (bicyclic) bond motifs is 1. The average molecular weight is 233 g/mol. The third-order valence-electron chi connectivity index (χ3n) is 3.46. The van der Waals surface area contributed by atoms with Crippen LogP contribution in [-0.4, -0.2) is 25.0 Å². The minimum Gasteiger partial charge on any atom is -0.505 e. The van der Waals surface area contributed by atoms with E-state index in [-0.39, 0.29) is 11.5 Å². The standard InChI is InChI=1S/C14H19NO2/c1-8-5-10-9(2)7-11(15(3)4)14(17)13(10)12(16)6-8/h7-8,17H,5-6H2,1-4H3/t8-/m1/s1. The molecule has 3 nitrogen and oxygen atoms in total. The van der Waals surface area contributed by atoms with Crippen LogP contribution in [-0.2, 0) is 6.42 Å². The molecule has 1 N–H and O–H groups in total. The topological polar surface area (TPSA) is 40.5 Å². The number of benzene rings is 1. The van der Waals surface area contributed by atoms with Gasteiger partial charge < -0.3 is 10.0 Å². The molecule has 1 aliphatic rings. The van der Waals surface area contributed by atoms with Crippen molar-refractivity contribution in [2.24, 2.45) is 5.92 Å². The van der Waals surface area contributed by atoms with Crippen LogP contribution >= 0.6 is 0 Å². The van der Waals surface area contributed by atoms with E-state index >= 15 is 0 Å². The summed E-state index contributed by atoms with van der Waals surface area (Å²) < 4.78 is 0. The Morgan fingerprint density at radius 1 is 1.35 bits per heavy atom. The van der Waals surface area contributed by atoms with Gasteiger partial charge in [0.1, 0.15) is 5.75 Å². The lowest BCUT2D eigenvalue weighted by molar-refractivity contribution is 0.0950. The van der Waals surface area contributed by atoms with Gasteiger partial charge in [0.05, 0.1) is 11.3 Å². The molecule has 0 radical (unpaired) electrons. The molecule has 0 saturated heterocycles. The van der Waals surface area contributed by atoms with Crippen LogP contribution in [0.15, 0.2) is 6.07 Å². The number of rotatable bonds is 1. The van der Waals surface area contributed by atoms with Gasteiger partial charge in [-0.25, -0.2) is 0 Å². The van der Waals surface area contributed by atoms with E-state index in [9.17, 15) is 9.90 Å². The fourth-order valence-corrected chi connectivity index (χ4v) is 2.57. The van der Waals surface area contributed by atoms with E-state index < -0.39 is 0 Å². The molecule has 3 heteroatoms. The molecule has 1 aliphatic carbocycles. The largest absolute Gasteiger partial charge is 0.505 e. The van der Waals surface area contributed by atoms with Crippen LogP contribution in [0, 0.1) is 12.8 Å². The maximum absolute atomic E-state index is 12.1. The highest BCUT2D eigenvalue weighted by Gasteiger charge is 2.28. The highest BCUT2D eigenvalue weighted by molar-refractivity contribution is 6.03. The Morgan fingerprint density at radius 3 is 2.59 bits per heavy atom. The molecule has 0 aromatic heterocycles. The van der Waals surface area contributed by atoms with Crippen molar-refractivity contribution in [2.75, 3.05) is 19.0 Å². The van der Waals surface area contributed by atoms with E-state index in [1.807, 2.05) is 32.0 Å². The molecule has 0 spiro atoms. The van der Waals surface area contributed by atoms with Crippen LogP contribution in [0.1, 0.15) is 34.8 Å². The molecule has 0 saturated carbocycles. The van der Waals surface area contributed by atoms with Gasteiger partial charge in [0, 0.05) is 20.5 Å². The smallest absolute Gasteiger partial charge is 0.167 e. The Labute approximate surface area is 102 Å². The van der Waals surface area contributed by atoms with Gasteiger partial charge in [-0.1, -0.05) is 6.92 Å². The second kappa shape index (κ2) is 4.06. The van der Waals surface area contributed by atoms with E-state index in [0.29, 0.717) is 17.9 Å². The van der Waals surface area contributed by atoms with Crippen molar-refractivity contribution < 1.29 is 9.90 Å². The summed E-state index contributed by atoms with van der Waals surface area (Å²) in [5, 5.41) is 10.2. The summed E-state index contributed by atoms with van der Waals surface area (Å²) in [6.07, 6.45) is 1.42. The lowest BCUT2D eigenvalue weighted by Crippen LogP contribution is -2.21. The first-order chi connectivity index (χ1) is 7.91. The first kappa shape index (κ1) is 12.0. The van der Waals surface area contributed by atoms with Gasteiger partial charge in [0.15, 0.2) is 5.78 Å². The third kappa shape index (κ3) is 1.90. The zero-order valence-electron chi connectivity index (χ0n) is 10.9. The molecule has 92 valence electrons. The number of Topliss-reactive ketones (excluding diaryl/α,β-unsaturated/α-hetero) is 1. The lowest BCUT2D eigenvalue weighted by Gasteiger charge is -2.26. The zero-order chi connectivity index (χ0) is 12.7. The van der Waals surface area contributed by atoms with E-state index in [2.05, 4.69) is 6.92 Å². The second-order valence-electron chi connectivity index (χ2n) is 5.25. The van der Waals surface area contributed by atoms with Crippen molar-refractivity contribution in [3.63, 3.8) is 0 Å². The minimum absolute atomic E-state index is 0.0723. The number of phenols is 1. The number of carbonyl (C=O) groups excluding carboxylic acids is 1. The molecule has 1 aromatic rings. The summed E-state index contributed by atoms with van der Waals surface area (Å²) in [5.74, 6) is 0.592. The van der Waals surface area contributed by atoms with Gasteiger partial charge in [0.25, 0.3) is 0 Å².